The largest absolute Gasteiger partial charge is 0.311 e. The lowest BCUT2D eigenvalue weighted by atomic mass is 10.0. The monoisotopic (exact) mass is 563 g/mol. The Balaban J connectivity index is 1.27. The Morgan fingerprint density at radius 2 is 1.00 bits per heavy atom. The fourth-order valence-electron chi connectivity index (χ4n) is 6.20. The van der Waals surface area contributed by atoms with Crippen molar-refractivity contribution in [2.45, 2.75) is 0 Å². The first kappa shape index (κ1) is 25.8. The molecule has 8 rings (SSSR count). The van der Waals surface area contributed by atoms with Crippen LogP contribution >= 0.6 is 0 Å². The first-order valence-electron chi connectivity index (χ1n) is 14.9. The van der Waals surface area contributed by atoms with Gasteiger partial charge in [-0.05, 0) is 83.4 Å². The summed E-state index contributed by atoms with van der Waals surface area (Å²) in [6.45, 7) is 0. The van der Waals surface area contributed by atoms with E-state index in [1.54, 1.807) is 0 Å². The highest BCUT2D eigenvalue weighted by Crippen LogP contribution is 2.39. The highest BCUT2D eigenvalue weighted by molar-refractivity contribution is 6.12. The summed E-state index contributed by atoms with van der Waals surface area (Å²) in [6, 6.07) is 59.9. The van der Waals surface area contributed by atoms with Crippen LogP contribution in [0, 0.1) is 0 Å². The van der Waals surface area contributed by atoms with Gasteiger partial charge in [-0.2, -0.15) is 0 Å². The second-order valence-corrected chi connectivity index (χ2v) is 10.9. The first-order valence-corrected chi connectivity index (χ1v) is 14.9. The third kappa shape index (κ3) is 4.52. The van der Waals surface area contributed by atoms with E-state index in [1.807, 2.05) is 6.20 Å². The zero-order chi connectivity index (χ0) is 29.3. The molecule has 2 aromatic heterocycles. The molecule has 208 valence electrons. The molecule has 0 bridgehead atoms. The van der Waals surface area contributed by atoms with Gasteiger partial charge in [0.15, 0.2) is 0 Å². The molecule has 0 aliphatic rings. The number of rotatable bonds is 6. The van der Waals surface area contributed by atoms with Gasteiger partial charge in [-0.15, -0.1) is 0 Å². The topological polar surface area (TPSA) is 21.1 Å². The van der Waals surface area contributed by atoms with Gasteiger partial charge in [0.2, 0.25) is 0 Å². The minimum atomic E-state index is 1.00. The van der Waals surface area contributed by atoms with Gasteiger partial charge in [0, 0.05) is 39.9 Å². The van der Waals surface area contributed by atoms with E-state index in [4.69, 9.17) is 4.98 Å². The number of fused-ring (bicyclic) bond motifs is 3. The molecule has 2 heterocycles. The highest BCUT2D eigenvalue weighted by Gasteiger charge is 2.18. The van der Waals surface area contributed by atoms with E-state index in [0.717, 1.165) is 55.8 Å². The maximum absolute atomic E-state index is 4.95. The summed E-state index contributed by atoms with van der Waals surface area (Å²) in [4.78, 5) is 7.24. The zero-order valence-corrected chi connectivity index (χ0v) is 24.1. The van der Waals surface area contributed by atoms with Gasteiger partial charge in [0.1, 0.15) is 0 Å². The molecule has 0 aliphatic carbocycles. The Kier molecular flexibility index (Phi) is 6.47. The molecule has 6 aromatic carbocycles. The lowest BCUT2D eigenvalue weighted by Crippen LogP contribution is -2.09. The van der Waals surface area contributed by atoms with Gasteiger partial charge in [-0.3, -0.25) is 4.98 Å². The van der Waals surface area contributed by atoms with Crippen LogP contribution in [-0.2, 0) is 0 Å². The Hall–Kier alpha value is -5.93. The van der Waals surface area contributed by atoms with Crippen LogP contribution < -0.4 is 4.90 Å². The van der Waals surface area contributed by atoms with E-state index in [9.17, 15) is 0 Å². The Morgan fingerprint density at radius 1 is 0.455 bits per heavy atom. The Morgan fingerprint density at radius 3 is 1.64 bits per heavy atom. The summed E-state index contributed by atoms with van der Waals surface area (Å²) in [5.41, 5.74) is 12.4. The van der Waals surface area contributed by atoms with Gasteiger partial charge in [-0.25, -0.2) is 0 Å². The molecule has 44 heavy (non-hydrogen) atoms. The van der Waals surface area contributed by atoms with Gasteiger partial charge in [0.05, 0.1) is 16.6 Å². The second-order valence-electron chi connectivity index (χ2n) is 10.9. The predicted octanol–water partition coefficient (Wildman–Crippen LogP) is 11.0. The van der Waals surface area contributed by atoms with Crippen LogP contribution in [0.3, 0.4) is 0 Å². The van der Waals surface area contributed by atoms with Crippen molar-refractivity contribution >= 4 is 39.0 Å². The number of nitrogens with zero attached hydrogens (tertiary/aromatic N) is 3. The number of benzene rings is 6. The average molecular weight is 564 g/mol. The normalized spacial score (nSPS) is 11.2. The molecule has 8 aromatic rings. The summed E-state index contributed by atoms with van der Waals surface area (Å²) in [7, 11) is 0. The van der Waals surface area contributed by atoms with Crippen LogP contribution in [-0.4, -0.2) is 9.55 Å². The van der Waals surface area contributed by atoms with Crippen LogP contribution in [0.15, 0.2) is 176 Å². The molecule has 0 unspecified atom stereocenters. The molecular formula is C41H29N3. The molecule has 0 atom stereocenters. The SMILES string of the molecule is c1ccc(-c2ccnc3c4cc(-c5ccc(N(c6ccccc6)c6ccccc6)cc5)ccc4n(-c4ccccc4)c23)cc1. The Bertz CT molecular complexity index is 2150. The minimum absolute atomic E-state index is 1.00. The van der Waals surface area contributed by atoms with Crippen molar-refractivity contribution < 1.29 is 0 Å². The number of hydrogen-bond acceptors (Lipinski definition) is 2. The zero-order valence-electron chi connectivity index (χ0n) is 24.1. The summed E-state index contributed by atoms with van der Waals surface area (Å²) in [5, 5.41) is 1.14. The van der Waals surface area contributed by atoms with Gasteiger partial charge < -0.3 is 9.47 Å². The molecular weight excluding hydrogens is 534 g/mol. The van der Waals surface area contributed by atoms with Gasteiger partial charge >= 0.3 is 0 Å². The molecule has 0 saturated carbocycles. The van der Waals surface area contributed by atoms with Crippen molar-refractivity contribution in [3.63, 3.8) is 0 Å². The van der Waals surface area contributed by atoms with Crippen LogP contribution in [0.1, 0.15) is 0 Å². The third-order valence-corrected chi connectivity index (χ3v) is 8.23. The smallest absolute Gasteiger partial charge is 0.0970 e. The fraction of sp³-hybridized carbons (Fsp3) is 0. The van der Waals surface area contributed by atoms with E-state index in [0.29, 0.717) is 0 Å². The molecule has 0 saturated heterocycles. The predicted molar refractivity (Wildman–Crippen MR) is 184 cm³/mol. The molecule has 0 N–H and O–H groups in total. The summed E-state index contributed by atoms with van der Waals surface area (Å²) >= 11 is 0. The average Bonchev–Trinajstić information content (AvgIpc) is 3.44. The second kappa shape index (κ2) is 11.0. The quantitative estimate of drug-likeness (QED) is 0.201. The molecule has 0 radical (unpaired) electrons. The molecule has 3 nitrogen and oxygen atoms in total. The van der Waals surface area contributed by atoms with Crippen molar-refractivity contribution in [3.8, 4) is 27.9 Å². The summed E-state index contributed by atoms with van der Waals surface area (Å²) in [6.07, 6.45) is 1.93. The Labute approximate surface area is 256 Å². The maximum Gasteiger partial charge on any atom is 0.0970 e. The number of pyridine rings is 1. The van der Waals surface area contributed by atoms with E-state index in [2.05, 4.69) is 179 Å². The lowest BCUT2D eigenvalue weighted by molar-refractivity contribution is 1.18. The molecule has 3 heteroatoms. The summed E-state index contributed by atoms with van der Waals surface area (Å²) in [5.74, 6) is 0. The van der Waals surface area contributed by atoms with Crippen molar-refractivity contribution in [1.82, 2.24) is 9.55 Å². The van der Waals surface area contributed by atoms with E-state index >= 15 is 0 Å². The number of aromatic nitrogens is 2. The summed E-state index contributed by atoms with van der Waals surface area (Å²) < 4.78 is 2.35. The van der Waals surface area contributed by atoms with Gasteiger partial charge in [-0.1, -0.05) is 103 Å². The maximum atomic E-state index is 4.95. The standard InChI is InChI=1S/C41H29N3/c1-5-13-31(14-6-1)37-27-28-42-40-38-29-32(23-26-39(38)44(41(37)40)35-19-11-4-12-20-35)30-21-24-36(25-22-30)43(33-15-7-2-8-16-33)34-17-9-3-10-18-34/h1-29H. The molecule has 0 aliphatic heterocycles. The van der Waals surface area contributed by atoms with E-state index in [1.165, 1.54) is 11.1 Å². The number of para-hydroxylation sites is 3. The number of hydrogen-bond donors (Lipinski definition) is 0. The van der Waals surface area contributed by atoms with Crippen LogP contribution in [0.4, 0.5) is 17.1 Å². The minimum Gasteiger partial charge on any atom is -0.311 e. The highest BCUT2D eigenvalue weighted by atomic mass is 15.1. The number of anilines is 3. The third-order valence-electron chi connectivity index (χ3n) is 8.23. The molecule has 0 amide bonds. The van der Waals surface area contributed by atoms with Crippen molar-refractivity contribution in [2.24, 2.45) is 0 Å². The van der Waals surface area contributed by atoms with Crippen LogP contribution in [0.25, 0.3) is 49.9 Å². The lowest BCUT2D eigenvalue weighted by Gasteiger charge is -2.25. The first-order chi connectivity index (χ1) is 21.8. The van der Waals surface area contributed by atoms with E-state index in [-0.39, 0.29) is 0 Å². The fourth-order valence-corrected chi connectivity index (χ4v) is 6.20. The van der Waals surface area contributed by atoms with Crippen molar-refractivity contribution in [2.75, 3.05) is 4.90 Å². The van der Waals surface area contributed by atoms with E-state index < -0.39 is 0 Å². The van der Waals surface area contributed by atoms with Crippen molar-refractivity contribution in [1.29, 1.82) is 0 Å². The van der Waals surface area contributed by atoms with Crippen LogP contribution in [0.5, 0.6) is 0 Å². The molecule has 0 spiro atoms. The molecule has 0 fully saturated rings. The van der Waals surface area contributed by atoms with Crippen molar-refractivity contribution in [3.05, 3.63) is 176 Å². The van der Waals surface area contributed by atoms with Crippen LogP contribution in [0.2, 0.25) is 0 Å². The van der Waals surface area contributed by atoms with Gasteiger partial charge in [0.25, 0.3) is 0 Å².